The molecule has 0 fully saturated rings. The molecule has 2 rings (SSSR count). The molecule has 3 nitrogen and oxygen atoms in total. The molecular weight excluding hydrogens is 210 g/mol. The van der Waals surface area contributed by atoms with Crippen molar-refractivity contribution in [1.82, 2.24) is 4.98 Å². The minimum Gasteiger partial charge on any atom is -0.508 e. The summed E-state index contributed by atoms with van der Waals surface area (Å²) in [6.45, 7) is 2.05. The Kier molecular flexibility index (Phi) is 2.87. The third-order valence-corrected chi connectivity index (χ3v) is 2.70. The zero-order chi connectivity index (χ0) is 10.7. The lowest BCUT2D eigenvalue weighted by atomic mass is 10.3. The first-order valence-electron chi connectivity index (χ1n) is 4.69. The summed E-state index contributed by atoms with van der Waals surface area (Å²) in [6, 6.07) is 6.60. The predicted molar refractivity (Wildman–Crippen MR) is 59.7 cm³/mol. The molecule has 0 aliphatic heterocycles. The van der Waals surface area contributed by atoms with Crippen molar-refractivity contribution in [3.8, 4) is 16.7 Å². The lowest BCUT2D eigenvalue weighted by Gasteiger charge is -2.00. The third-order valence-electron chi connectivity index (χ3n) is 1.93. The Balaban J connectivity index is 2.11. The first kappa shape index (κ1) is 9.98. The maximum absolute atomic E-state index is 9.10. The van der Waals surface area contributed by atoms with Crippen LogP contribution in [0.1, 0.15) is 12.6 Å². The van der Waals surface area contributed by atoms with Crippen LogP contribution in [0.3, 0.4) is 0 Å². The van der Waals surface area contributed by atoms with Gasteiger partial charge < -0.3 is 9.84 Å². The fraction of sp³-hybridized carbons (Fsp3) is 0.182. The molecule has 0 aliphatic carbocycles. The van der Waals surface area contributed by atoms with Gasteiger partial charge >= 0.3 is 0 Å². The van der Waals surface area contributed by atoms with Crippen LogP contribution in [0.4, 0.5) is 0 Å². The molecule has 1 heterocycles. The Morgan fingerprint density at radius 3 is 2.67 bits per heavy atom. The van der Waals surface area contributed by atoms with Gasteiger partial charge in [-0.3, -0.25) is 0 Å². The summed E-state index contributed by atoms with van der Waals surface area (Å²) in [5.74, 6) is 0.917. The lowest BCUT2D eigenvalue weighted by Crippen LogP contribution is -1.84. The van der Waals surface area contributed by atoms with E-state index >= 15 is 0 Å². The number of ether oxygens (including phenoxy) is 1. The fourth-order valence-electron chi connectivity index (χ4n) is 1.11. The quantitative estimate of drug-likeness (QED) is 0.865. The molecule has 0 saturated heterocycles. The summed E-state index contributed by atoms with van der Waals surface area (Å²) in [4.78, 5) is 4.28. The van der Waals surface area contributed by atoms with Crippen molar-refractivity contribution in [2.45, 2.75) is 13.3 Å². The second-order valence-corrected chi connectivity index (χ2v) is 3.87. The maximum Gasteiger partial charge on any atom is 0.278 e. The number of aryl methyl sites for hydroxylation is 1. The van der Waals surface area contributed by atoms with Crippen LogP contribution in [0, 0.1) is 0 Å². The van der Waals surface area contributed by atoms with Crippen LogP contribution in [0.2, 0.25) is 0 Å². The molecule has 1 aromatic carbocycles. The fourth-order valence-corrected chi connectivity index (χ4v) is 1.88. The normalized spacial score (nSPS) is 10.2. The molecule has 0 radical (unpaired) electrons. The van der Waals surface area contributed by atoms with E-state index in [0.717, 1.165) is 12.1 Å². The number of phenolic OH excluding ortho intramolecular Hbond substituents is 1. The van der Waals surface area contributed by atoms with Gasteiger partial charge in [0.2, 0.25) is 0 Å². The number of aromatic nitrogens is 1. The first-order valence-corrected chi connectivity index (χ1v) is 5.57. The molecule has 0 atom stereocenters. The van der Waals surface area contributed by atoms with E-state index in [0.29, 0.717) is 10.9 Å². The predicted octanol–water partition coefficient (Wildman–Crippen LogP) is 3.20. The Bertz CT molecular complexity index is 436. The highest BCUT2D eigenvalue weighted by Gasteiger charge is 2.02. The number of aromatic hydroxyl groups is 1. The SMILES string of the molecule is CCc1csc(Oc2ccc(O)cc2)n1. The van der Waals surface area contributed by atoms with Crippen LogP contribution in [0.15, 0.2) is 29.6 Å². The van der Waals surface area contributed by atoms with Crippen molar-refractivity contribution in [3.63, 3.8) is 0 Å². The Morgan fingerprint density at radius 1 is 1.33 bits per heavy atom. The Hall–Kier alpha value is -1.55. The second kappa shape index (κ2) is 4.31. The van der Waals surface area contributed by atoms with Crippen molar-refractivity contribution in [2.24, 2.45) is 0 Å². The highest BCUT2D eigenvalue weighted by Crippen LogP contribution is 2.26. The monoisotopic (exact) mass is 221 g/mol. The minimum absolute atomic E-state index is 0.232. The van der Waals surface area contributed by atoms with Gasteiger partial charge in [-0.25, -0.2) is 4.98 Å². The Morgan fingerprint density at radius 2 is 2.07 bits per heavy atom. The van der Waals surface area contributed by atoms with E-state index in [9.17, 15) is 0 Å². The van der Waals surface area contributed by atoms with Crippen LogP contribution < -0.4 is 4.74 Å². The topological polar surface area (TPSA) is 42.4 Å². The van der Waals surface area contributed by atoms with Crippen molar-refractivity contribution in [2.75, 3.05) is 0 Å². The number of benzene rings is 1. The standard InChI is InChI=1S/C11H11NO2S/c1-2-8-7-15-11(12-8)14-10-5-3-9(13)4-6-10/h3-7,13H,2H2,1H3. The summed E-state index contributed by atoms with van der Waals surface area (Å²) < 4.78 is 5.51. The number of hydrogen-bond acceptors (Lipinski definition) is 4. The van der Waals surface area contributed by atoms with Crippen molar-refractivity contribution in [1.29, 1.82) is 0 Å². The average Bonchev–Trinajstić information content (AvgIpc) is 2.69. The van der Waals surface area contributed by atoms with Gasteiger partial charge in [-0.2, -0.15) is 0 Å². The molecule has 78 valence electrons. The van der Waals surface area contributed by atoms with Gasteiger partial charge in [0, 0.05) is 5.38 Å². The number of rotatable bonds is 3. The third kappa shape index (κ3) is 2.47. The summed E-state index contributed by atoms with van der Waals surface area (Å²) in [7, 11) is 0. The van der Waals surface area contributed by atoms with Gasteiger partial charge in [-0.05, 0) is 30.7 Å². The maximum atomic E-state index is 9.10. The van der Waals surface area contributed by atoms with E-state index in [1.165, 1.54) is 11.3 Å². The number of hydrogen-bond donors (Lipinski definition) is 1. The van der Waals surface area contributed by atoms with E-state index < -0.39 is 0 Å². The molecule has 2 aromatic rings. The van der Waals surface area contributed by atoms with Gasteiger partial charge in [-0.15, -0.1) is 0 Å². The van der Waals surface area contributed by atoms with Crippen LogP contribution in [0.25, 0.3) is 0 Å². The van der Waals surface area contributed by atoms with E-state index in [1.54, 1.807) is 24.3 Å². The molecule has 0 saturated carbocycles. The molecule has 0 amide bonds. The first-order chi connectivity index (χ1) is 7.28. The van der Waals surface area contributed by atoms with Crippen molar-refractivity contribution >= 4 is 11.3 Å². The van der Waals surface area contributed by atoms with Crippen LogP contribution in [0.5, 0.6) is 16.7 Å². The van der Waals surface area contributed by atoms with Gasteiger partial charge in [0.15, 0.2) is 0 Å². The second-order valence-electron chi connectivity index (χ2n) is 3.05. The summed E-state index contributed by atoms with van der Waals surface area (Å²) in [5.41, 5.74) is 1.04. The minimum atomic E-state index is 0.232. The van der Waals surface area contributed by atoms with E-state index in [-0.39, 0.29) is 5.75 Å². The summed E-state index contributed by atoms with van der Waals surface area (Å²) in [5, 5.41) is 11.7. The molecule has 4 heteroatoms. The molecule has 0 aliphatic rings. The smallest absolute Gasteiger partial charge is 0.278 e. The van der Waals surface area contributed by atoms with Gasteiger partial charge in [0.05, 0.1) is 5.69 Å². The van der Waals surface area contributed by atoms with Crippen molar-refractivity contribution in [3.05, 3.63) is 35.3 Å². The van der Waals surface area contributed by atoms with E-state index in [1.807, 2.05) is 5.38 Å². The Labute approximate surface area is 92.0 Å². The zero-order valence-electron chi connectivity index (χ0n) is 8.30. The van der Waals surface area contributed by atoms with Gasteiger partial charge in [0.1, 0.15) is 11.5 Å². The van der Waals surface area contributed by atoms with Crippen molar-refractivity contribution < 1.29 is 9.84 Å². The average molecular weight is 221 g/mol. The molecule has 0 unspecified atom stereocenters. The largest absolute Gasteiger partial charge is 0.508 e. The molecule has 1 N–H and O–H groups in total. The molecule has 0 spiro atoms. The van der Waals surface area contributed by atoms with Crippen LogP contribution in [-0.4, -0.2) is 10.1 Å². The summed E-state index contributed by atoms with van der Waals surface area (Å²) >= 11 is 1.48. The van der Waals surface area contributed by atoms with E-state index in [4.69, 9.17) is 9.84 Å². The number of thiazole rings is 1. The van der Waals surface area contributed by atoms with Crippen LogP contribution >= 0.6 is 11.3 Å². The molecule has 1 aromatic heterocycles. The summed E-state index contributed by atoms with van der Waals surface area (Å²) in [6.07, 6.45) is 0.912. The molecule has 0 bridgehead atoms. The number of nitrogens with zero attached hydrogens (tertiary/aromatic N) is 1. The number of phenols is 1. The molecular formula is C11H11NO2S. The zero-order valence-corrected chi connectivity index (χ0v) is 9.12. The highest BCUT2D eigenvalue weighted by molar-refractivity contribution is 7.11. The highest BCUT2D eigenvalue weighted by atomic mass is 32.1. The van der Waals surface area contributed by atoms with Gasteiger partial charge in [-0.1, -0.05) is 18.3 Å². The van der Waals surface area contributed by atoms with Crippen LogP contribution in [-0.2, 0) is 6.42 Å². The van der Waals surface area contributed by atoms with E-state index in [2.05, 4.69) is 11.9 Å². The lowest BCUT2D eigenvalue weighted by molar-refractivity contribution is 0.462. The van der Waals surface area contributed by atoms with Gasteiger partial charge in [0.25, 0.3) is 5.19 Å². The molecule has 15 heavy (non-hydrogen) atoms.